The van der Waals surface area contributed by atoms with Gasteiger partial charge in [-0.15, -0.1) is 0 Å². The van der Waals surface area contributed by atoms with Crippen molar-refractivity contribution >= 4 is 17.6 Å². The lowest BCUT2D eigenvalue weighted by Gasteiger charge is -2.21. The number of rotatable bonds is 4. The van der Waals surface area contributed by atoms with Crippen molar-refractivity contribution in [1.82, 2.24) is 4.90 Å². The Labute approximate surface area is 101 Å². The molecule has 0 bridgehead atoms. The van der Waals surface area contributed by atoms with Crippen LogP contribution in [0.25, 0.3) is 0 Å². The fourth-order valence-electron chi connectivity index (χ4n) is 1.42. The van der Waals surface area contributed by atoms with Gasteiger partial charge in [0.25, 0.3) is 0 Å². The largest absolute Gasteiger partial charge is 0.456 e. The van der Waals surface area contributed by atoms with Gasteiger partial charge in [-0.1, -0.05) is 23.7 Å². The lowest BCUT2D eigenvalue weighted by molar-refractivity contribution is -0.147. The van der Waals surface area contributed by atoms with Crippen LogP contribution in [0.2, 0.25) is 5.02 Å². The molecule has 0 spiro atoms. The minimum Gasteiger partial charge on any atom is -0.456 e. The van der Waals surface area contributed by atoms with Crippen LogP contribution < -0.4 is 0 Å². The molecule has 88 valence electrons. The molecule has 0 radical (unpaired) electrons. The van der Waals surface area contributed by atoms with E-state index in [4.69, 9.17) is 16.3 Å². The average Bonchev–Trinajstić information content (AvgIpc) is 2.16. The van der Waals surface area contributed by atoms with Gasteiger partial charge in [0.2, 0.25) is 0 Å². The number of carbonyl (C=O) groups excluding carboxylic acids is 1. The van der Waals surface area contributed by atoms with Gasteiger partial charge in [-0.2, -0.15) is 0 Å². The number of nitrogens with zero attached hydrogens (tertiary/aromatic N) is 1. The lowest BCUT2D eigenvalue weighted by atomic mass is 10.1. The van der Waals surface area contributed by atoms with Gasteiger partial charge in [0.15, 0.2) is 0 Å². The Hall–Kier alpha value is -1.06. The van der Waals surface area contributed by atoms with Gasteiger partial charge in [0, 0.05) is 18.5 Å². The van der Waals surface area contributed by atoms with Crippen LogP contribution in [-0.4, -0.2) is 31.5 Å². The summed E-state index contributed by atoms with van der Waals surface area (Å²) in [7, 11) is 3.87. The zero-order chi connectivity index (χ0) is 12.1. The molecule has 0 aliphatic carbocycles. The van der Waals surface area contributed by atoms with E-state index < -0.39 is 0 Å². The summed E-state index contributed by atoms with van der Waals surface area (Å²) in [6.07, 6.45) is -0.246. The lowest BCUT2D eigenvalue weighted by Crippen LogP contribution is -2.23. The van der Waals surface area contributed by atoms with Gasteiger partial charge in [0.05, 0.1) is 0 Å². The second-order valence-electron chi connectivity index (χ2n) is 3.91. The molecule has 0 aliphatic rings. The molecule has 0 heterocycles. The number of halogens is 1. The van der Waals surface area contributed by atoms with Crippen LogP contribution in [0, 0.1) is 0 Å². The van der Waals surface area contributed by atoms with Crippen molar-refractivity contribution in [1.29, 1.82) is 0 Å². The van der Waals surface area contributed by atoms with Crippen LogP contribution in [0.5, 0.6) is 0 Å². The maximum Gasteiger partial charge on any atom is 0.303 e. The third-order valence-electron chi connectivity index (χ3n) is 2.08. The quantitative estimate of drug-likeness (QED) is 0.759. The molecule has 3 nitrogen and oxygen atoms in total. The summed E-state index contributed by atoms with van der Waals surface area (Å²) in [5.41, 5.74) is 0.952. The Kier molecular flexibility index (Phi) is 4.77. The first-order valence-corrected chi connectivity index (χ1v) is 5.44. The second kappa shape index (κ2) is 5.87. The smallest absolute Gasteiger partial charge is 0.303 e. The normalized spacial score (nSPS) is 12.6. The number of carbonyl (C=O) groups is 1. The first-order chi connectivity index (χ1) is 7.49. The summed E-state index contributed by atoms with van der Waals surface area (Å²) >= 11 is 5.81. The zero-order valence-corrected chi connectivity index (χ0v) is 10.5. The molecule has 0 N–H and O–H groups in total. The minimum atomic E-state index is -0.276. The molecule has 0 saturated heterocycles. The maximum atomic E-state index is 11.0. The fraction of sp³-hybridized carbons (Fsp3) is 0.417. The monoisotopic (exact) mass is 241 g/mol. The summed E-state index contributed by atoms with van der Waals surface area (Å²) in [6, 6.07) is 7.34. The van der Waals surface area contributed by atoms with Crippen molar-refractivity contribution in [3.05, 3.63) is 34.9 Å². The van der Waals surface area contributed by atoms with E-state index in [1.807, 2.05) is 31.1 Å². The van der Waals surface area contributed by atoms with Gasteiger partial charge in [-0.3, -0.25) is 4.79 Å². The number of esters is 1. The average molecular weight is 242 g/mol. The van der Waals surface area contributed by atoms with E-state index in [0.29, 0.717) is 11.6 Å². The number of ether oxygens (including phenoxy) is 1. The third kappa shape index (κ3) is 4.21. The van der Waals surface area contributed by atoms with Gasteiger partial charge in [-0.25, -0.2) is 0 Å². The van der Waals surface area contributed by atoms with Gasteiger partial charge in [0.1, 0.15) is 6.10 Å². The van der Waals surface area contributed by atoms with Gasteiger partial charge >= 0.3 is 5.97 Å². The van der Waals surface area contributed by atoms with Crippen molar-refractivity contribution in [3.63, 3.8) is 0 Å². The molecule has 1 unspecified atom stereocenters. The molecule has 1 aromatic rings. The molecule has 0 amide bonds. The standard InChI is InChI=1S/C12H16ClNO2/c1-9(15)16-12(8-14(2)3)10-4-6-11(13)7-5-10/h4-7,12H,8H2,1-3H3. The Morgan fingerprint density at radius 2 is 1.94 bits per heavy atom. The highest BCUT2D eigenvalue weighted by molar-refractivity contribution is 6.30. The van der Waals surface area contributed by atoms with Crippen LogP contribution in [0.1, 0.15) is 18.6 Å². The number of benzene rings is 1. The van der Waals surface area contributed by atoms with E-state index in [9.17, 15) is 4.79 Å². The van der Waals surface area contributed by atoms with Crippen LogP contribution in [0.15, 0.2) is 24.3 Å². The summed E-state index contributed by atoms with van der Waals surface area (Å²) in [5, 5.41) is 0.676. The highest BCUT2D eigenvalue weighted by Crippen LogP contribution is 2.20. The van der Waals surface area contributed by atoms with Crippen LogP contribution in [0.3, 0.4) is 0 Å². The molecule has 0 aliphatic heterocycles. The summed E-state index contributed by atoms with van der Waals surface area (Å²) < 4.78 is 5.26. The summed E-state index contributed by atoms with van der Waals surface area (Å²) in [6.45, 7) is 2.07. The number of hydrogen-bond acceptors (Lipinski definition) is 3. The van der Waals surface area contributed by atoms with Crippen LogP contribution >= 0.6 is 11.6 Å². The second-order valence-corrected chi connectivity index (χ2v) is 4.35. The maximum absolute atomic E-state index is 11.0. The number of likely N-dealkylation sites (N-methyl/N-ethyl adjacent to an activating group) is 1. The molecule has 4 heteroatoms. The molecular weight excluding hydrogens is 226 g/mol. The molecule has 1 aromatic carbocycles. The van der Waals surface area contributed by atoms with E-state index in [-0.39, 0.29) is 12.1 Å². The first-order valence-electron chi connectivity index (χ1n) is 5.06. The first kappa shape index (κ1) is 13.0. The van der Waals surface area contributed by atoms with Crippen molar-refractivity contribution in [3.8, 4) is 0 Å². The zero-order valence-electron chi connectivity index (χ0n) is 9.74. The predicted octanol–water partition coefficient (Wildman–Crippen LogP) is 2.51. The van der Waals surface area contributed by atoms with Crippen LogP contribution in [0.4, 0.5) is 0 Å². The molecule has 0 aromatic heterocycles. The SMILES string of the molecule is CC(=O)OC(CN(C)C)c1ccc(Cl)cc1. The molecule has 1 atom stereocenters. The molecule has 16 heavy (non-hydrogen) atoms. The Morgan fingerprint density at radius 3 is 2.38 bits per heavy atom. The molecule has 0 saturated carbocycles. The highest BCUT2D eigenvalue weighted by atomic mass is 35.5. The van der Waals surface area contributed by atoms with E-state index in [2.05, 4.69) is 0 Å². The van der Waals surface area contributed by atoms with Crippen molar-refractivity contribution in [2.75, 3.05) is 20.6 Å². The predicted molar refractivity (Wildman–Crippen MR) is 64.5 cm³/mol. The van der Waals surface area contributed by atoms with Gasteiger partial charge < -0.3 is 9.64 Å². The highest BCUT2D eigenvalue weighted by Gasteiger charge is 2.15. The Balaban J connectivity index is 2.82. The summed E-state index contributed by atoms with van der Waals surface area (Å²) in [5.74, 6) is -0.276. The van der Waals surface area contributed by atoms with E-state index in [1.54, 1.807) is 12.1 Å². The topological polar surface area (TPSA) is 29.5 Å². The van der Waals surface area contributed by atoms with Crippen molar-refractivity contribution in [2.45, 2.75) is 13.0 Å². The Morgan fingerprint density at radius 1 is 1.38 bits per heavy atom. The van der Waals surface area contributed by atoms with E-state index in [1.165, 1.54) is 6.92 Å². The third-order valence-corrected chi connectivity index (χ3v) is 2.33. The van der Waals surface area contributed by atoms with Crippen molar-refractivity contribution < 1.29 is 9.53 Å². The molecule has 1 rings (SSSR count). The minimum absolute atomic E-state index is 0.246. The van der Waals surface area contributed by atoms with E-state index in [0.717, 1.165) is 5.56 Å². The van der Waals surface area contributed by atoms with Crippen LogP contribution in [-0.2, 0) is 9.53 Å². The Bertz CT molecular complexity index is 349. The van der Waals surface area contributed by atoms with E-state index >= 15 is 0 Å². The summed E-state index contributed by atoms with van der Waals surface area (Å²) in [4.78, 5) is 13.0. The number of hydrogen-bond donors (Lipinski definition) is 0. The molecule has 0 fully saturated rings. The molecular formula is C12H16ClNO2. The van der Waals surface area contributed by atoms with Crippen molar-refractivity contribution in [2.24, 2.45) is 0 Å². The fourth-order valence-corrected chi connectivity index (χ4v) is 1.55. The van der Waals surface area contributed by atoms with Gasteiger partial charge in [-0.05, 0) is 31.8 Å².